The van der Waals surface area contributed by atoms with Gasteiger partial charge in [-0.15, -0.1) is 6.42 Å². The Morgan fingerprint density at radius 1 is 1.29 bits per heavy atom. The van der Waals surface area contributed by atoms with Crippen LogP contribution in [-0.4, -0.2) is 63.2 Å². The molecule has 2 aromatic heterocycles. The molecular weight excluding hydrogens is 611 g/mol. The van der Waals surface area contributed by atoms with Crippen LogP contribution in [0.2, 0.25) is 0 Å². The van der Waals surface area contributed by atoms with E-state index in [-0.39, 0.29) is 30.6 Å². The fourth-order valence-electron chi connectivity index (χ4n) is 5.01. The van der Waals surface area contributed by atoms with Gasteiger partial charge in [0.25, 0.3) is 0 Å². The van der Waals surface area contributed by atoms with Crippen LogP contribution in [0.5, 0.6) is 5.75 Å². The number of aromatic nitrogens is 3. The van der Waals surface area contributed by atoms with E-state index in [1.807, 2.05) is 0 Å². The van der Waals surface area contributed by atoms with E-state index < -0.39 is 56.3 Å². The first kappa shape index (κ1) is 32.0. The minimum atomic E-state index is -4.53. The Hall–Kier alpha value is -4.38. The molecule has 0 radical (unpaired) electrons. The molecule has 2 unspecified atom stereocenters. The van der Waals surface area contributed by atoms with Gasteiger partial charge in [-0.2, -0.15) is 5.09 Å². The number of nitrogen functional groups attached to an aromatic ring is 1. The Morgan fingerprint density at radius 2 is 2.00 bits per heavy atom. The van der Waals surface area contributed by atoms with E-state index in [1.54, 1.807) is 30.3 Å². The number of nitrogens with zero attached hydrogens (tertiary/aromatic N) is 3. The van der Waals surface area contributed by atoms with Gasteiger partial charge in [0.15, 0.2) is 11.9 Å². The second-order valence-corrected chi connectivity index (χ2v) is 12.1. The maximum Gasteiger partial charge on any atom is 0.459 e. The van der Waals surface area contributed by atoms with Crippen molar-refractivity contribution < 1.29 is 43.2 Å². The molecule has 15 heteroatoms. The number of nitrogens with two attached hydrogens (primary N) is 1. The Morgan fingerprint density at radius 3 is 2.67 bits per heavy atom. The Bertz CT molecular complexity index is 1770. The number of methoxy groups -OCH3 is 1. The number of hydrogen-bond donors (Lipinski definition) is 3. The lowest BCUT2D eigenvalue weighted by Gasteiger charge is -2.26. The van der Waals surface area contributed by atoms with Crippen molar-refractivity contribution in [1.29, 1.82) is 0 Å². The number of carbonyl (C=O) groups is 1. The van der Waals surface area contributed by atoms with Crippen molar-refractivity contribution in [3.63, 3.8) is 0 Å². The first-order valence-electron chi connectivity index (χ1n) is 13.6. The number of ether oxygens (including phenoxy) is 2. The molecule has 5 rings (SSSR count). The van der Waals surface area contributed by atoms with E-state index in [1.165, 1.54) is 29.2 Å². The summed E-state index contributed by atoms with van der Waals surface area (Å²) in [6.07, 6.45) is 3.58. The summed E-state index contributed by atoms with van der Waals surface area (Å²) in [6.45, 7) is 0.453. The summed E-state index contributed by atoms with van der Waals surface area (Å²) in [5.74, 6) is 1.12. The molecule has 1 aliphatic rings. The standard InChI is InChI=1S/C30H30F2N5O7P.H2/c1-4-19-15-37(27-24(19)26(33)34-17-35-27)29-30(2,32)25(38)23(43-29)16-42-45(40,44-21-12-10-20(31)11-13-21)36-22(28(39)41-3)14-18-8-6-5-7-9-18;/h1,5-13,15,17,22-23,25,29,38H,14,16H2,2-3H3,(H,36,40)(H2,33,34,35);1H/t22?,23-,25-,29-,30-,45?;/m1./s1. The second-order valence-electron chi connectivity index (χ2n) is 10.4. The smallest absolute Gasteiger partial charge is 0.459 e. The summed E-state index contributed by atoms with van der Waals surface area (Å²) in [5, 5.41) is 13.9. The predicted octanol–water partition coefficient (Wildman–Crippen LogP) is 3.94. The number of esters is 1. The third-order valence-electron chi connectivity index (χ3n) is 7.29. The van der Waals surface area contributed by atoms with Crippen molar-refractivity contribution in [3.05, 3.63) is 84.1 Å². The lowest BCUT2D eigenvalue weighted by molar-refractivity contribution is -0.142. The third-order valence-corrected chi connectivity index (χ3v) is 8.86. The van der Waals surface area contributed by atoms with Crippen molar-refractivity contribution in [2.75, 3.05) is 19.5 Å². The molecule has 3 heterocycles. The highest BCUT2D eigenvalue weighted by Crippen LogP contribution is 2.48. The predicted molar refractivity (Wildman–Crippen MR) is 161 cm³/mol. The van der Waals surface area contributed by atoms with Gasteiger partial charge in [0.2, 0.25) is 0 Å². The number of alkyl halides is 1. The molecule has 0 bridgehead atoms. The van der Waals surface area contributed by atoms with E-state index in [9.17, 15) is 18.9 Å². The van der Waals surface area contributed by atoms with E-state index in [2.05, 4.69) is 21.0 Å². The van der Waals surface area contributed by atoms with Crippen LogP contribution in [0.1, 0.15) is 25.7 Å². The molecule has 4 aromatic rings. The molecule has 12 nitrogen and oxygen atoms in total. The molecular formula is C30H32F2N5O7P. The number of halogens is 2. The van der Waals surface area contributed by atoms with Gasteiger partial charge in [0.1, 0.15) is 47.6 Å². The SMILES string of the molecule is C#Cc1cn([C@@H]2O[C@H](COP(=O)(NC(Cc3ccccc3)C(=O)OC)Oc3ccc(F)cc3)[C@@H](O)[C@@]2(C)F)c2ncnc(N)c12.[HH]. The molecule has 0 amide bonds. The Labute approximate surface area is 258 Å². The van der Waals surface area contributed by atoms with Gasteiger partial charge >= 0.3 is 13.7 Å². The van der Waals surface area contributed by atoms with Gasteiger partial charge in [-0.05, 0) is 43.2 Å². The molecule has 6 atom stereocenters. The number of fused-ring (bicyclic) bond motifs is 1. The number of rotatable bonds is 11. The monoisotopic (exact) mass is 643 g/mol. The quantitative estimate of drug-likeness (QED) is 0.123. The lowest BCUT2D eigenvalue weighted by atomic mass is 9.98. The highest BCUT2D eigenvalue weighted by Gasteiger charge is 2.56. The molecule has 0 saturated carbocycles. The zero-order valence-electron chi connectivity index (χ0n) is 24.2. The van der Waals surface area contributed by atoms with Gasteiger partial charge in [-0.25, -0.2) is 23.3 Å². The third kappa shape index (κ3) is 6.68. The summed E-state index contributed by atoms with van der Waals surface area (Å²) < 4.78 is 67.3. The zero-order chi connectivity index (χ0) is 32.4. The summed E-state index contributed by atoms with van der Waals surface area (Å²) in [5.41, 5.74) is 4.71. The van der Waals surface area contributed by atoms with Crippen LogP contribution in [0.15, 0.2) is 67.1 Å². The van der Waals surface area contributed by atoms with Crippen molar-refractivity contribution >= 4 is 30.6 Å². The van der Waals surface area contributed by atoms with Crippen LogP contribution in [0.25, 0.3) is 11.0 Å². The fourth-order valence-corrected chi connectivity index (χ4v) is 6.51. The maximum atomic E-state index is 16.2. The Balaban J connectivity index is 0.00000480. The topological polar surface area (TPSA) is 160 Å². The zero-order valence-corrected chi connectivity index (χ0v) is 25.1. The van der Waals surface area contributed by atoms with Crippen LogP contribution < -0.4 is 15.3 Å². The molecule has 238 valence electrons. The molecule has 0 aliphatic carbocycles. The van der Waals surface area contributed by atoms with Gasteiger partial charge in [0.05, 0.1) is 24.7 Å². The van der Waals surface area contributed by atoms with Crippen LogP contribution in [-0.2, 0) is 29.8 Å². The van der Waals surface area contributed by atoms with Crippen LogP contribution in [0, 0.1) is 18.2 Å². The van der Waals surface area contributed by atoms with Crippen molar-refractivity contribution in [2.45, 2.75) is 43.5 Å². The van der Waals surface area contributed by atoms with E-state index in [0.717, 1.165) is 26.2 Å². The number of benzene rings is 2. The summed E-state index contributed by atoms with van der Waals surface area (Å²) in [6, 6.07) is 12.2. The number of carbonyl (C=O) groups excluding carboxylic acids is 1. The number of hydrogen-bond acceptors (Lipinski definition) is 10. The van der Waals surface area contributed by atoms with Gasteiger partial charge in [-0.3, -0.25) is 9.32 Å². The number of aliphatic hydroxyl groups is 1. The molecule has 2 aromatic carbocycles. The highest BCUT2D eigenvalue weighted by atomic mass is 31.2. The maximum absolute atomic E-state index is 16.2. The average molecular weight is 644 g/mol. The van der Waals surface area contributed by atoms with Gasteiger partial charge in [-0.1, -0.05) is 36.3 Å². The van der Waals surface area contributed by atoms with E-state index in [0.29, 0.717) is 10.9 Å². The number of anilines is 1. The molecule has 1 aliphatic heterocycles. The summed E-state index contributed by atoms with van der Waals surface area (Å²) in [7, 11) is -3.37. The van der Waals surface area contributed by atoms with Crippen molar-refractivity contribution in [1.82, 2.24) is 19.6 Å². The normalized spacial score (nSPS) is 23.2. The Kier molecular flexibility index (Phi) is 9.20. The lowest BCUT2D eigenvalue weighted by Crippen LogP contribution is -2.42. The fraction of sp³-hybridized carbons (Fsp3) is 0.300. The first-order chi connectivity index (χ1) is 21.5. The van der Waals surface area contributed by atoms with Gasteiger partial charge < -0.3 is 29.4 Å². The summed E-state index contributed by atoms with van der Waals surface area (Å²) >= 11 is 0. The van der Waals surface area contributed by atoms with Gasteiger partial charge in [0, 0.05) is 7.62 Å². The van der Waals surface area contributed by atoms with Crippen LogP contribution >= 0.6 is 7.75 Å². The molecule has 0 spiro atoms. The second kappa shape index (κ2) is 12.9. The van der Waals surface area contributed by atoms with E-state index >= 15 is 4.39 Å². The first-order valence-corrected chi connectivity index (χ1v) is 15.2. The number of nitrogens with one attached hydrogen (secondary N) is 1. The molecule has 1 fully saturated rings. The highest BCUT2D eigenvalue weighted by molar-refractivity contribution is 7.52. The van der Waals surface area contributed by atoms with Crippen LogP contribution in [0.3, 0.4) is 0 Å². The van der Waals surface area contributed by atoms with Crippen LogP contribution in [0.4, 0.5) is 14.6 Å². The molecule has 45 heavy (non-hydrogen) atoms. The average Bonchev–Trinajstić information content (AvgIpc) is 3.51. The largest absolute Gasteiger partial charge is 0.468 e. The molecule has 1 saturated heterocycles. The summed E-state index contributed by atoms with van der Waals surface area (Å²) in [4.78, 5) is 20.8. The molecule has 4 N–H and O–H groups in total. The van der Waals surface area contributed by atoms with Crippen molar-refractivity contribution in [3.8, 4) is 18.1 Å². The van der Waals surface area contributed by atoms with Crippen molar-refractivity contribution in [2.24, 2.45) is 0 Å². The minimum absolute atomic E-state index is 0. The minimum Gasteiger partial charge on any atom is -0.468 e. The van der Waals surface area contributed by atoms with E-state index in [4.69, 9.17) is 30.7 Å². The number of terminal acetylenes is 1. The number of aliphatic hydroxyl groups excluding tert-OH is 1.